The fraction of sp³-hybridized carbons (Fsp3) is 0.0625. The lowest BCUT2D eigenvalue weighted by Gasteiger charge is -2.06. The van der Waals surface area contributed by atoms with E-state index in [0.29, 0.717) is 5.15 Å². The van der Waals surface area contributed by atoms with Crippen LogP contribution in [0.1, 0.15) is 5.56 Å². The van der Waals surface area contributed by atoms with Crippen molar-refractivity contribution < 1.29 is 0 Å². The Labute approximate surface area is 135 Å². The molecule has 1 aromatic heterocycles. The molecule has 0 fully saturated rings. The molecule has 20 heavy (non-hydrogen) atoms. The molecule has 0 bridgehead atoms. The number of thioether (sulfide) groups is 1. The summed E-state index contributed by atoms with van der Waals surface area (Å²) in [6.45, 7) is 0. The standard InChI is InChI=1S/C16H11BrClNS/c17-13-5-7-14(8-6-13)20-10-12-9-11-3-1-2-4-15(11)19-16(12)18/h1-9H,10H2. The lowest BCUT2D eigenvalue weighted by atomic mass is 10.2. The quantitative estimate of drug-likeness (QED) is 0.421. The predicted molar refractivity (Wildman–Crippen MR) is 90.5 cm³/mol. The summed E-state index contributed by atoms with van der Waals surface area (Å²) in [4.78, 5) is 5.67. The van der Waals surface area contributed by atoms with Gasteiger partial charge < -0.3 is 0 Å². The Kier molecular flexibility index (Phi) is 4.29. The third kappa shape index (κ3) is 3.17. The second-order valence-electron chi connectivity index (χ2n) is 4.37. The van der Waals surface area contributed by atoms with Crippen LogP contribution in [0.3, 0.4) is 0 Å². The van der Waals surface area contributed by atoms with E-state index < -0.39 is 0 Å². The van der Waals surface area contributed by atoms with Gasteiger partial charge in [0.25, 0.3) is 0 Å². The van der Waals surface area contributed by atoms with Crippen molar-refractivity contribution in [3.63, 3.8) is 0 Å². The normalized spacial score (nSPS) is 10.9. The summed E-state index contributed by atoms with van der Waals surface area (Å²) >= 11 is 11.5. The molecule has 0 unspecified atom stereocenters. The van der Waals surface area contributed by atoms with Crippen LogP contribution >= 0.6 is 39.3 Å². The fourth-order valence-corrected chi connectivity index (χ4v) is 3.36. The molecular weight excluding hydrogens is 354 g/mol. The zero-order chi connectivity index (χ0) is 13.9. The molecule has 0 saturated carbocycles. The number of rotatable bonds is 3. The Morgan fingerprint density at radius 1 is 1.05 bits per heavy atom. The third-order valence-electron chi connectivity index (χ3n) is 2.96. The summed E-state index contributed by atoms with van der Waals surface area (Å²) < 4.78 is 1.09. The van der Waals surface area contributed by atoms with Gasteiger partial charge in [-0.25, -0.2) is 4.98 Å². The van der Waals surface area contributed by atoms with Crippen molar-refractivity contribution >= 4 is 50.2 Å². The largest absolute Gasteiger partial charge is 0.236 e. The van der Waals surface area contributed by atoms with E-state index in [0.717, 1.165) is 26.7 Å². The molecule has 1 heterocycles. The second-order valence-corrected chi connectivity index (χ2v) is 6.70. The number of hydrogen-bond donors (Lipinski definition) is 0. The molecule has 0 saturated heterocycles. The van der Waals surface area contributed by atoms with Gasteiger partial charge >= 0.3 is 0 Å². The molecule has 2 aromatic carbocycles. The highest BCUT2D eigenvalue weighted by Gasteiger charge is 2.05. The smallest absolute Gasteiger partial charge is 0.133 e. The lowest BCUT2D eigenvalue weighted by Crippen LogP contribution is -1.88. The van der Waals surface area contributed by atoms with E-state index >= 15 is 0 Å². The van der Waals surface area contributed by atoms with Gasteiger partial charge in [0.1, 0.15) is 5.15 Å². The molecule has 0 amide bonds. The van der Waals surface area contributed by atoms with Gasteiger partial charge in [-0.3, -0.25) is 0 Å². The summed E-state index contributed by atoms with van der Waals surface area (Å²) in [7, 11) is 0. The fourth-order valence-electron chi connectivity index (χ4n) is 1.93. The molecule has 3 aromatic rings. The zero-order valence-corrected chi connectivity index (χ0v) is 13.7. The Morgan fingerprint density at radius 2 is 1.80 bits per heavy atom. The molecular formula is C16H11BrClNS. The van der Waals surface area contributed by atoms with Gasteiger partial charge in [-0.2, -0.15) is 0 Å². The molecule has 1 nitrogen and oxygen atoms in total. The van der Waals surface area contributed by atoms with Crippen LogP contribution in [-0.4, -0.2) is 4.98 Å². The van der Waals surface area contributed by atoms with E-state index in [9.17, 15) is 0 Å². The second kappa shape index (κ2) is 6.17. The Bertz CT molecular complexity index is 743. The number of nitrogens with zero attached hydrogens (tertiary/aromatic N) is 1. The van der Waals surface area contributed by atoms with Gasteiger partial charge in [0.2, 0.25) is 0 Å². The minimum atomic E-state index is 0.591. The van der Waals surface area contributed by atoms with Crippen molar-refractivity contribution in [1.82, 2.24) is 4.98 Å². The number of halogens is 2. The minimum Gasteiger partial charge on any atom is -0.236 e. The number of fused-ring (bicyclic) bond motifs is 1. The summed E-state index contributed by atoms with van der Waals surface area (Å²) in [5, 5.41) is 1.72. The maximum atomic E-state index is 6.26. The van der Waals surface area contributed by atoms with E-state index in [1.165, 1.54) is 4.90 Å². The van der Waals surface area contributed by atoms with Crippen LogP contribution in [0.4, 0.5) is 0 Å². The summed E-state index contributed by atoms with van der Waals surface area (Å²) in [6.07, 6.45) is 0. The first-order valence-electron chi connectivity index (χ1n) is 6.15. The van der Waals surface area contributed by atoms with E-state index in [1.807, 2.05) is 30.3 Å². The molecule has 4 heteroatoms. The van der Waals surface area contributed by atoms with E-state index in [-0.39, 0.29) is 0 Å². The molecule has 0 atom stereocenters. The average molecular weight is 365 g/mol. The monoisotopic (exact) mass is 363 g/mol. The third-order valence-corrected chi connectivity index (χ3v) is 4.87. The molecule has 0 aliphatic heterocycles. The predicted octanol–water partition coefficient (Wildman–Crippen LogP) is 5.94. The van der Waals surface area contributed by atoms with Crippen LogP contribution in [0.15, 0.2) is 64.0 Å². The van der Waals surface area contributed by atoms with Crippen molar-refractivity contribution in [1.29, 1.82) is 0 Å². The number of para-hydroxylation sites is 1. The maximum absolute atomic E-state index is 6.26. The number of hydrogen-bond acceptors (Lipinski definition) is 2. The first kappa shape index (κ1) is 13.9. The zero-order valence-electron chi connectivity index (χ0n) is 10.5. The van der Waals surface area contributed by atoms with Crippen molar-refractivity contribution in [3.05, 3.63) is 69.8 Å². The molecule has 0 N–H and O–H groups in total. The van der Waals surface area contributed by atoms with Gasteiger partial charge in [0, 0.05) is 26.1 Å². The molecule has 0 spiro atoms. The molecule has 0 aliphatic carbocycles. The molecule has 0 radical (unpaired) electrons. The van der Waals surface area contributed by atoms with E-state index in [2.05, 4.69) is 45.2 Å². The SMILES string of the molecule is Clc1nc2ccccc2cc1CSc1ccc(Br)cc1. The van der Waals surface area contributed by atoms with Crippen molar-refractivity contribution in [2.24, 2.45) is 0 Å². The van der Waals surface area contributed by atoms with Gasteiger partial charge in [0.05, 0.1) is 5.52 Å². The highest BCUT2D eigenvalue weighted by atomic mass is 79.9. The number of benzene rings is 2. The lowest BCUT2D eigenvalue weighted by molar-refractivity contribution is 1.30. The van der Waals surface area contributed by atoms with Gasteiger partial charge in [-0.15, -0.1) is 11.8 Å². The number of pyridine rings is 1. The molecule has 100 valence electrons. The molecule has 0 aliphatic rings. The van der Waals surface area contributed by atoms with Crippen LogP contribution < -0.4 is 0 Å². The van der Waals surface area contributed by atoms with Crippen LogP contribution in [0.25, 0.3) is 10.9 Å². The minimum absolute atomic E-state index is 0.591. The van der Waals surface area contributed by atoms with Crippen LogP contribution in [0, 0.1) is 0 Å². The summed E-state index contributed by atoms with van der Waals surface area (Å²) in [5.41, 5.74) is 2.01. The Balaban J connectivity index is 1.83. The summed E-state index contributed by atoms with van der Waals surface area (Å²) in [5.74, 6) is 0.818. The maximum Gasteiger partial charge on any atom is 0.133 e. The number of aromatic nitrogens is 1. The van der Waals surface area contributed by atoms with Gasteiger partial charge in [-0.05, 0) is 36.4 Å². The van der Waals surface area contributed by atoms with E-state index in [4.69, 9.17) is 11.6 Å². The summed E-state index contributed by atoms with van der Waals surface area (Å²) in [6, 6.07) is 18.4. The van der Waals surface area contributed by atoms with Crippen LogP contribution in [0.2, 0.25) is 5.15 Å². The highest BCUT2D eigenvalue weighted by Crippen LogP contribution is 2.28. The topological polar surface area (TPSA) is 12.9 Å². The first-order valence-corrected chi connectivity index (χ1v) is 8.30. The Morgan fingerprint density at radius 3 is 2.60 bits per heavy atom. The van der Waals surface area contributed by atoms with Crippen LogP contribution in [0.5, 0.6) is 0 Å². The highest BCUT2D eigenvalue weighted by molar-refractivity contribution is 9.10. The Hall–Kier alpha value is -1.03. The van der Waals surface area contributed by atoms with Gasteiger partial charge in [-0.1, -0.05) is 45.7 Å². The van der Waals surface area contributed by atoms with E-state index in [1.54, 1.807) is 11.8 Å². The van der Waals surface area contributed by atoms with Crippen molar-refractivity contribution in [3.8, 4) is 0 Å². The van der Waals surface area contributed by atoms with Crippen molar-refractivity contribution in [2.75, 3.05) is 0 Å². The average Bonchev–Trinajstić information content (AvgIpc) is 2.47. The molecule has 3 rings (SSSR count). The van der Waals surface area contributed by atoms with Crippen molar-refractivity contribution in [2.45, 2.75) is 10.6 Å². The van der Waals surface area contributed by atoms with Crippen LogP contribution in [-0.2, 0) is 5.75 Å². The first-order chi connectivity index (χ1) is 9.72. The van der Waals surface area contributed by atoms with Gasteiger partial charge in [0.15, 0.2) is 0 Å².